The third-order valence-corrected chi connectivity index (χ3v) is 0.428. The Kier molecular flexibility index (Phi) is 1.58. The summed E-state index contributed by atoms with van der Waals surface area (Å²) in [6.07, 6.45) is 0. The Labute approximate surface area is 37.0 Å². The van der Waals surface area contributed by atoms with Crippen LogP contribution in [-0.4, -0.2) is 0 Å². The molecule has 0 fully saturated rings. The van der Waals surface area contributed by atoms with Gasteiger partial charge in [0.05, 0.1) is 0 Å². The minimum absolute atomic E-state index is 0.148. The van der Waals surface area contributed by atoms with E-state index in [4.69, 9.17) is 6.58 Å². The SMILES string of the molecule is [CH]=C(C)C(=C)F. The standard InChI is InChI=1S/C5H6F/c1-4(2)5(3)6/h1H,3H2,2H3. The largest absolute Gasteiger partial charge is 0.207 e. The summed E-state index contributed by atoms with van der Waals surface area (Å²) in [6.45, 7) is 9.26. The Bertz CT molecular complexity index is 69.9. The Hall–Kier alpha value is -0.590. The van der Waals surface area contributed by atoms with E-state index < -0.39 is 5.83 Å². The zero-order chi connectivity index (χ0) is 5.15. The highest BCUT2D eigenvalue weighted by atomic mass is 19.1. The van der Waals surface area contributed by atoms with E-state index >= 15 is 0 Å². The fraction of sp³-hybridized carbons (Fsp3) is 0.200. The molecule has 0 nitrogen and oxygen atoms in total. The molecule has 6 heavy (non-hydrogen) atoms. The number of rotatable bonds is 1. The van der Waals surface area contributed by atoms with Crippen LogP contribution >= 0.6 is 0 Å². The fourth-order valence-electron chi connectivity index (χ4n) is 0. The van der Waals surface area contributed by atoms with Crippen LogP contribution in [-0.2, 0) is 0 Å². The number of hydrogen-bond donors (Lipinski definition) is 0. The van der Waals surface area contributed by atoms with Gasteiger partial charge < -0.3 is 0 Å². The lowest BCUT2D eigenvalue weighted by Crippen LogP contribution is -1.65. The molecular formula is C5H6F. The van der Waals surface area contributed by atoms with E-state index in [1.165, 1.54) is 6.92 Å². The summed E-state index contributed by atoms with van der Waals surface area (Å²) in [6, 6.07) is 0. The van der Waals surface area contributed by atoms with Crippen LogP contribution in [0.2, 0.25) is 0 Å². The number of allylic oxidation sites excluding steroid dienone is 2. The van der Waals surface area contributed by atoms with Crippen LogP contribution in [0.5, 0.6) is 0 Å². The molecule has 0 unspecified atom stereocenters. The smallest absolute Gasteiger partial charge is 0.118 e. The third-order valence-electron chi connectivity index (χ3n) is 0.428. The summed E-state index contributed by atoms with van der Waals surface area (Å²) in [5.74, 6) is -0.546. The van der Waals surface area contributed by atoms with Crippen molar-refractivity contribution in [2.45, 2.75) is 6.92 Å². The summed E-state index contributed by atoms with van der Waals surface area (Å²) in [4.78, 5) is 0. The van der Waals surface area contributed by atoms with Gasteiger partial charge in [-0.2, -0.15) is 0 Å². The van der Waals surface area contributed by atoms with E-state index in [2.05, 4.69) is 6.58 Å². The second kappa shape index (κ2) is 1.75. The lowest BCUT2D eigenvalue weighted by Gasteiger charge is -1.82. The molecule has 0 aromatic rings. The lowest BCUT2D eigenvalue weighted by molar-refractivity contribution is 0.656. The molecule has 0 saturated carbocycles. The summed E-state index contributed by atoms with van der Waals surface area (Å²) in [5, 5.41) is 0. The first-order chi connectivity index (χ1) is 2.64. The van der Waals surface area contributed by atoms with Crippen LogP contribution in [0, 0.1) is 6.58 Å². The Morgan fingerprint density at radius 2 is 2.00 bits per heavy atom. The van der Waals surface area contributed by atoms with E-state index in [1.54, 1.807) is 0 Å². The first-order valence-corrected chi connectivity index (χ1v) is 1.58. The first kappa shape index (κ1) is 5.41. The van der Waals surface area contributed by atoms with Crippen molar-refractivity contribution in [3.63, 3.8) is 0 Å². The Morgan fingerprint density at radius 3 is 2.00 bits per heavy atom. The van der Waals surface area contributed by atoms with Crippen LogP contribution in [0.1, 0.15) is 6.92 Å². The van der Waals surface area contributed by atoms with Crippen molar-refractivity contribution in [2.75, 3.05) is 0 Å². The van der Waals surface area contributed by atoms with Gasteiger partial charge in [0.25, 0.3) is 0 Å². The molecular weight excluding hydrogens is 79.1 g/mol. The monoisotopic (exact) mass is 85.0 g/mol. The highest BCUT2D eigenvalue weighted by Gasteiger charge is 1.83. The van der Waals surface area contributed by atoms with E-state index in [9.17, 15) is 4.39 Å². The van der Waals surface area contributed by atoms with E-state index in [1.807, 2.05) is 0 Å². The molecule has 0 heterocycles. The predicted molar refractivity (Wildman–Crippen MR) is 23.7 cm³/mol. The highest BCUT2D eigenvalue weighted by molar-refractivity contribution is 5.12. The molecule has 0 spiro atoms. The normalized spacial score (nSPS) is 7.67. The van der Waals surface area contributed by atoms with Gasteiger partial charge in [0.1, 0.15) is 5.83 Å². The molecule has 0 atom stereocenters. The average molecular weight is 85.1 g/mol. The van der Waals surface area contributed by atoms with Gasteiger partial charge in [-0.3, -0.25) is 0 Å². The third kappa shape index (κ3) is 1.70. The molecule has 0 amide bonds. The lowest BCUT2D eigenvalue weighted by atomic mass is 10.3. The van der Waals surface area contributed by atoms with Crippen LogP contribution in [0.25, 0.3) is 0 Å². The van der Waals surface area contributed by atoms with Gasteiger partial charge in [0.15, 0.2) is 0 Å². The van der Waals surface area contributed by atoms with Crippen LogP contribution in [0.4, 0.5) is 4.39 Å². The van der Waals surface area contributed by atoms with E-state index in [0.717, 1.165) is 0 Å². The minimum Gasteiger partial charge on any atom is -0.207 e. The maximum absolute atomic E-state index is 11.5. The molecule has 0 bridgehead atoms. The zero-order valence-electron chi connectivity index (χ0n) is 3.66. The molecule has 1 heteroatoms. The molecule has 0 aliphatic rings. The van der Waals surface area contributed by atoms with Gasteiger partial charge in [0.2, 0.25) is 0 Å². The zero-order valence-corrected chi connectivity index (χ0v) is 3.66. The summed E-state index contributed by atoms with van der Waals surface area (Å²) in [7, 11) is 0. The molecule has 0 aromatic carbocycles. The molecule has 0 aliphatic heterocycles. The molecule has 0 N–H and O–H groups in total. The molecule has 0 saturated heterocycles. The predicted octanol–water partition coefficient (Wildman–Crippen LogP) is 1.85. The summed E-state index contributed by atoms with van der Waals surface area (Å²) >= 11 is 0. The summed E-state index contributed by atoms with van der Waals surface area (Å²) < 4.78 is 11.5. The topological polar surface area (TPSA) is 0 Å². The van der Waals surface area contributed by atoms with Gasteiger partial charge in [-0.1, -0.05) is 13.2 Å². The van der Waals surface area contributed by atoms with Crippen molar-refractivity contribution in [2.24, 2.45) is 0 Å². The van der Waals surface area contributed by atoms with Crippen molar-refractivity contribution in [1.29, 1.82) is 0 Å². The highest BCUT2D eigenvalue weighted by Crippen LogP contribution is 2.01. The fourth-order valence-corrected chi connectivity index (χ4v) is 0. The summed E-state index contributed by atoms with van der Waals surface area (Å²) in [5.41, 5.74) is 0.148. The quantitative estimate of drug-likeness (QED) is 0.426. The number of hydrogen-bond acceptors (Lipinski definition) is 0. The Balaban J connectivity index is 3.57. The van der Waals surface area contributed by atoms with Crippen molar-refractivity contribution in [1.82, 2.24) is 0 Å². The molecule has 0 aromatic heterocycles. The Morgan fingerprint density at radius 1 is 1.83 bits per heavy atom. The van der Waals surface area contributed by atoms with E-state index in [-0.39, 0.29) is 5.57 Å². The maximum atomic E-state index is 11.5. The van der Waals surface area contributed by atoms with Crippen molar-refractivity contribution in [3.8, 4) is 0 Å². The minimum atomic E-state index is -0.546. The number of halogens is 1. The second-order valence-corrected chi connectivity index (χ2v) is 1.09. The van der Waals surface area contributed by atoms with Gasteiger partial charge in [-0.15, -0.1) is 0 Å². The molecule has 33 valence electrons. The van der Waals surface area contributed by atoms with Crippen LogP contribution < -0.4 is 0 Å². The molecule has 0 aliphatic carbocycles. The van der Waals surface area contributed by atoms with Crippen molar-refractivity contribution >= 4 is 0 Å². The maximum Gasteiger partial charge on any atom is 0.118 e. The molecule has 1 radical (unpaired) electrons. The van der Waals surface area contributed by atoms with Crippen molar-refractivity contribution in [3.05, 3.63) is 24.6 Å². The van der Waals surface area contributed by atoms with Gasteiger partial charge in [-0.05, 0) is 12.5 Å². The molecule has 0 rings (SSSR count). The van der Waals surface area contributed by atoms with Gasteiger partial charge >= 0.3 is 0 Å². The van der Waals surface area contributed by atoms with Gasteiger partial charge in [-0.25, -0.2) is 4.39 Å². The van der Waals surface area contributed by atoms with Crippen LogP contribution in [0.3, 0.4) is 0 Å². The second-order valence-electron chi connectivity index (χ2n) is 1.09. The first-order valence-electron chi connectivity index (χ1n) is 1.58. The van der Waals surface area contributed by atoms with E-state index in [0.29, 0.717) is 0 Å². The van der Waals surface area contributed by atoms with Crippen molar-refractivity contribution < 1.29 is 4.39 Å². The van der Waals surface area contributed by atoms with Gasteiger partial charge in [0, 0.05) is 0 Å². The average Bonchev–Trinajstić information content (AvgIpc) is 1.36. The van der Waals surface area contributed by atoms with Crippen LogP contribution in [0.15, 0.2) is 18.0 Å².